The zero-order valence-corrected chi connectivity index (χ0v) is 9.22. The second kappa shape index (κ2) is 5.20. The van der Waals surface area contributed by atoms with Gasteiger partial charge in [0.15, 0.2) is 0 Å². The third kappa shape index (κ3) is 2.71. The average Bonchev–Trinajstić information content (AvgIpc) is 2.05. The molecule has 3 heteroatoms. The molecule has 0 heterocycles. The number of alkyl halides is 1. The van der Waals surface area contributed by atoms with Gasteiger partial charge in [-0.15, -0.1) is 0 Å². The predicted octanol–water partition coefficient (Wildman–Crippen LogP) is 1.91. The van der Waals surface area contributed by atoms with Crippen molar-refractivity contribution in [3.05, 3.63) is 0 Å². The third-order valence-corrected chi connectivity index (χ3v) is 3.52. The predicted molar refractivity (Wildman–Crippen MR) is 54.5 cm³/mol. The maximum atomic E-state index is 5.55. The summed E-state index contributed by atoms with van der Waals surface area (Å²) >= 11 is 3.66. The number of nitrogens with two attached hydrogens (primary N) is 1. The average molecular weight is 236 g/mol. The first-order chi connectivity index (χ1) is 5.77. The van der Waals surface area contributed by atoms with Crippen LogP contribution in [0.15, 0.2) is 0 Å². The Labute approximate surface area is 83.0 Å². The summed E-state index contributed by atoms with van der Waals surface area (Å²) in [5.41, 5.74) is 5.55. The third-order valence-electron chi connectivity index (χ3n) is 2.69. The highest BCUT2D eigenvalue weighted by Crippen LogP contribution is 2.32. The molecule has 0 radical (unpaired) electrons. The molecule has 1 aliphatic rings. The molecular formula is C9H18BrNO. The van der Waals surface area contributed by atoms with E-state index in [0.29, 0.717) is 16.8 Å². The van der Waals surface area contributed by atoms with Gasteiger partial charge in [-0.05, 0) is 38.1 Å². The number of methoxy groups -OCH3 is 1. The SMILES string of the molecule is COC1CCC(Br)CC1CCN. The van der Waals surface area contributed by atoms with Crippen molar-refractivity contribution in [3.63, 3.8) is 0 Å². The van der Waals surface area contributed by atoms with Crippen LogP contribution in [0.4, 0.5) is 0 Å². The van der Waals surface area contributed by atoms with Gasteiger partial charge in [-0.1, -0.05) is 15.9 Å². The van der Waals surface area contributed by atoms with E-state index in [1.54, 1.807) is 0 Å². The Morgan fingerprint density at radius 3 is 2.83 bits per heavy atom. The largest absolute Gasteiger partial charge is 0.381 e. The fraction of sp³-hybridized carbons (Fsp3) is 1.00. The topological polar surface area (TPSA) is 35.2 Å². The van der Waals surface area contributed by atoms with Gasteiger partial charge in [-0.2, -0.15) is 0 Å². The van der Waals surface area contributed by atoms with Crippen LogP contribution in [0, 0.1) is 5.92 Å². The Kier molecular flexibility index (Phi) is 4.54. The zero-order valence-electron chi connectivity index (χ0n) is 7.63. The first-order valence-corrected chi connectivity index (χ1v) is 5.56. The molecular weight excluding hydrogens is 218 g/mol. The molecule has 1 rings (SSSR count). The lowest BCUT2D eigenvalue weighted by atomic mass is 9.84. The van der Waals surface area contributed by atoms with E-state index in [9.17, 15) is 0 Å². The molecule has 3 atom stereocenters. The molecule has 1 aliphatic carbocycles. The van der Waals surface area contributed by atoms with E-state index in [4.69, 9.17) is 10.5 Å². The quantitative estimate of drug-likeness (QED) is 0.760. The van der Waals surface area contributed by atoms with Gasteiger partial charge in [0.25, 0.3) is 0 Å². The van der Waals surface area contributed by atoms with Crippen LogP contribution in [-0.2, 0) is 4.74 Å². The molecule has 72 valence electrons. The van der Waals surface area contributed by atoms with E-state index in [1.165, 1.54) is 19.3 Å². The van der Waals surface area contributed by atoms with Crippen LogP contribution in [0.2, 0.25) is 0 Å². The molecule has 0 bridgehead atoms. The molecule has 12 heavy (non-hydrogen) atoms. The monoisotopic (exact) mass is 235 g/mol. The lowest BCUT2D eigenvalue weighted by Crippen LogP contribution is -2.32. The van der Waals surface area contributed by atoms with Crippen LogP contribution < -0.4 is 5.73 Å². The van der Waals surface area contributed by atoms with Crippen LogP contribution in [0.3, 0.4) is 0 Å². The van der Waals surface area contributed by atoms with Gasteiger partial charge >= 0.3 is 0 Å². The number of halogens is 1. The fourth-order valence-electron chi connectivity index (χ4n) is 2.01. The molecule has 0 aliphatic heterocycles. The van der Waals surface area contributed by atoms with Crippen LogP contribution in [-0.4, -0.2) is 24.6 Å². The normalized spacial score (nSPS) is 36.8. The molecule has 2 nitrogen and oxygen atoms in total. The summed E-state index contributed by atoms with van der Waals surface area (Å²) in [5.74, 6) is 0.665. The van der Waals surface area contributed by atoms with Gasteiger partial charge in [-0.3, -0.25) is 0 Å². The highest BCUT2D eigenvalue weighted by molar-refractivity contribution is 9.09. The first kappa shape index (κ1) is 10.5. The number of hydrogen-bond acceptors (Lipinski definition) is 2. The Bertz CT molecular complexity index is 132. The van der Waals surface area contributed by atoms with E-state index >= 15 is 0 Å². The summed E-state index contributed by atoms with van der Waals surface area (Å²) in [5, 5.41) is 0. The van der Waals surface area contributed by atoms with Crippen molar-refractivity contribution >= 4 is 15.9 Å². The molecule has 1 saturated carbocycles. The highest BCUT2D eigenvalue weighted by Gasteiger charge is 2.28. The number of ether oxygens (including phenoxy) is 1. The van der Waals surface area contributed by atoms with Gasteiger partial charge in [0.05, 0.1) is 6.10 Å². The lowest BCUT2D eigenvalue weighted by molar-refractivity contribution is 0.0235. The van der Waals surface area contributed by atoms with Crippen LogP contribution in [0.25, 0.3) is 0 Å². The van der Waals surface area contributed by atoms with Crippen LogP contribution in [0.1, 0.15) is 25.7 Å². The maximum Gasteiger partial charge on any atom is 0.0600 e. The summed E-state index contributed by atoms with van der Waals surface area (Å²) in [6.07, 6.45) is 5.18. The van der Waals surface area contributed by atoms with Crippen molar-refractivity contribution in [2.45, 2.75) is 36.6 Å². The van der Waals surface area contributed by atoms with Crippen molar-refractivity contribution in [1.29, 1.82) is 0 Å². The maximum absolute atomic E-state index is 5.55. The van der Waals surface area contributed by atoms with Gasteiger partial charge in [-0.25, -0.2) is 0 Å². The van der Waals surface area contributed by atoms with Crippen LogP contribution >= 0.6 is 15.9 Å². The molecule has 0 aromatic rings. The second-order valence-electron chi connectivity index (χ2n) is 3.52. The Hall–Kier alpha value is 0.400. The van der Waals surface area contributed by atoms with E-state index in [0.717, 1.165) is 13.0 Å². The van der Waals surface area contributed by atoms with E-state index in [1.807, 2.05) is 7.11 Å². The molecule has 3 unspecified atom stereocenters. The van der Waals surface area contributed by atoms with Gasteiger partial charge in [0.2, 0.25) is 0 Å². The van der Waals surface area contributed by atoms with Gasteiger partial charge < -0.3 is 10.5 Å². The molecule has 0 spiro atoms. The molecule has 2 N–H and O–H groups in total. The highest BCUT2D eigenvalue weighted by atomic mass is 79.9. The van der Waals surface area contributed by atoms with Gasteiger partial charge in [0, 0.05) is 11.9 Å². The second-order valence-corrected chi connectivity index (χ2v) is 4.82. The van der Waals surface area contributed by atoms with Gasteiger partial charge in [0.1, 0.15) is 0 Å². The van der Waals surface area contributed by atoms with E-state index in [2.05, 4.69) is 15.9 Å². The minimum atomic E-state index is 0.447. The lowest BCUT2D eigenvalue weighted by Gasteiger charge is -2.32. The summed E-state index contributed by atoms with van der Waals surface area (Å²) in [6, 6.07) is 0. The van der Waals surface area contributed by atoms with E-state index < -0.39 is 0 Å². The smallest absolute Gasteiger partial charge is 0.0600 e. The van der Waals surface area contributed by atoms with Crippen molar-refractivity contribution < 1.29 is 4.74 Å². The van der Waals surface area contributed by atoms with Crippen molar-refractivity contribution in [3.8, 4) is 0 Å². The summed E-state index contributed by atoms with van der Waals surface area (Å²) in [7, 11) is 1.81. The Morgan fingerprint density at radius 1 is 1.50 bits per heavy atom. The fourth-order valence-corrected chi connectivity index (χ4v) is 2.75. The summed E-state index contributed by atoms with van der Waals surface area (Å²) in [4.78, 5) is 0.681. The first-order valence-electron chi connectivity index (χ1n) is 4.64. The molecule has 0 aromatic carbocycles. The molecule has 0 aromatic heterocycles. The zero-order chi connectivity index (χ0) is 8.97. The number of rotatable bonds is 3. The van der Waals surface area contributed by atoms with E-state index in [-0.39, 0.29) is 0 Å². The standard InChI is InChI=1S/C9H18BrNO/c1-12-9-3-2-8(10)6-7(9)4-5-11/h7-9H,2-6,11H2,1H3. The minimum absolute atomic E-state index is 0.447. The van der Waals surface area contributed by atoms with Crippen LogP contribution in [0.5, 0.6) is 0 Å². The van der Waals surface area contributed by atoms with Crippen molar-refractivity contribution in [2.24, 2.45) is 11.7 Å². The molecule has 0 saturated heterocycles. The Balaban J connectivity index is 2.40. The summed E-state index contributed by atoms with van der Waals surface area (Å²) < 4.78 is 5.43. The van der Waals surface area contributed by atoms with Crippen molar-refractivity contribution in [2.75, 3.05) is 13.7 Å². The molecule has 1 fully saturated rings. The number of hydrogen-bond donors (Lipinski definition) is 1. The Morgan fingerprint density at radius 2 is 2.25 bits per heavy atom. The van der Waals surface area contributed by atoms with Crippen molar-refractivity contribution in [1.82, 2.24) is 0 Å². The minimum Gasteiger partial charge on any atom is -0.381 e. The molecule has 0 amide bonds. The summed E-state index contributed by atoms with van der Waals surface area (Å²) in [6.45, 7) is 0.782.